The quantitative estimate of drug-likeness (QED) is 0.509. The van der Waals surface area contributed by atoms with Crippen LogP contribution in [0.1, 0.15) is 46.4 Å². The van der Waals surface area contributed by atoms with E-state index in [1.807, 2.05) is 12.1 Å². The Morgan fingerprint density at radius 1 is 0.794 bits per heavy atom. The molecule has 0 spiro atoms. The number of nitrogens with zero attached hydrogens (tertiary/aromatic N) is 4. The fourth-order valence-electron chi connectivity index (χ4n) is 5.98. The summed E-state index contributed by atoms with van der Waals surface area (Å²) in [5.74, 6) is 1.81. The van der Waals surface area contributed by atoms with Crippen LogP contribution in [0, 0.1) is 11.8 Å². The lowest BCUT2D eigenvalue weighted by atomic mass is 9.78. The predicted octanol–water partition coefficient (Wildman–Crippen LogP) is 4.52. The van der Waals surface area contributed by atoms with Crippen LogP contribution in [-0.2, 0) is 0 Å². The molecule has 1 aliphatic carbocycles. The SMILES string of the molecule is O=C1c2ccccc2C(=O)N1C[C@@H]1CCCC[C@H]1CN1CCN(c2nsc3ccccc23)CC1. The van der Waals surface area contributed by atoms with Crippen LogP contribution in [-0.4, -0.2) is 65.3 Å². The maximum atomic E-state index is 12.9. The molecule has 3 aromatic rings. The molecule has 2 amide bonds. The zero-order valence-electron chi connectivity index (χ0n) is 19.4. The molecule has 2 aliphatic heterocycles. The van der Waals surface area contributed by atoms with Crippen LogP contribution in [0.4, 0.5) is 5.82 Å². The van der Waals surface area contributed by atoms with E-state index >= 15 is 0 Å². The number of hydrogen-bond donors (Lipinski definition) is 0. The Morgan fingerprint density at radius 3 is 2.12 bits per heavy atom. The first-order valence-electron chi connectivity index (χ1n) is 12.5. The summed E-state index contributed by atoms with van der Waals surface area (Å²) in [4.78, 5) is 32.3. The lowest BCUT2D eigenvalue weighted by molar-refractivity contribution is 0.0562. The van der Waals surface area contributed by atoms with E-state index in [2.05, 4.69) is 34.1 Å². The van der Waals surface area contributed by atoms with Crippen molar-refractivity contribution in [1.29, 1.82) is 0 Å². The van der Waals surface area contributed by atoms with Crippen LogP contribution >= 0.6 is 11.5 Å². The molecular weight excluding hydrogens is 444 g/mol. The van der Waals surface area contributed by atoms with Gasteiger partial charge >= 0.3 is 0 Å². The van der Waals surface area contributed by atoms with Crippen molar-refractivity contribution in [3.05, 3.63) is 59.7 Å². The zero-order chi connectivity index (χ0) is 23.1. The molecule has 2 fully saturated rings. The molecule has 0 unspecified atom stereocenters. The molecule has 0 N–H and O–H groups in total. The van der Waals surface area contributed by atoms with Crippen molar-refractivity contribution in [2.45, 2.75) is 25.7 Å². The van der Waals surface area contributed by atoms with E-state index in [0.717, 1.165) is 45.0 Å². The number of piperazine rings is 1. The lowest BCUT2D eigenvalue weighted by Gasteiger charge is -2.40. The van der Waals surface area contributed by atoms with Gasteiger partial charge in [0.1, 0.15) is 5.82 Å². The number of imide groups is 1. The Balaban J connectivity index is 1.09. The number of amides is 2. The van der Waals surface area contributed by atoms with Gasteiger partial charge in [-0.25, -0.2) is 0 Å². The molecule has 0 radical (unpaired) electrons. The molecule has 6 rings (SSSR count). The van der Waals surface area contributed by atoms with Gasteiger partial charge in [-0.05, 0) is 60.5 Å². The fourth-order valence-corrected chi connectivity index (χ4v) is 6.77. The van der Waals surface area contributed by atoms with E-state index in [4.69, 9.17) is 4.37 Å². The number of anilines is 1. The Labute approximate surface area is 204 Å². The van der Waals surface area contributed by atoms with Gasteiger partial charge in [-0.1, -0.05) is 37.1 Å². The summed E-state index contributed by atoms with van der Waals surface area (Å²) >= 11 is 1.58. The highest BCUT2D eigenvalue weighted by atomic mass is 32.1. The minimum atomic E-state index is -0.117. The summed E-state index contributed by atoms with van der Waals surface area (Å²) in [6.07, 6.45) is 4.72. The Hall–Kier alpha value is -2.77. The Morgan fingerprint density at radius 2 is 1.41 bits per heavy atom. The first-order chi connectivity index (χ1) is 16.7. The predicted molar refractivity (Wildman–Crippen MR) is 136 cm³/mol. The van der Waals surface area contributed by atoms with Gasteiger partial charge in [0.2, 0.25) is 0 Å². The summed E-state index contributed by atoms with van der Waals surface area (Å²) in [6.45, 7) is 5.65. The molecule has 3 heterocycles. The number of rotatable bonds is 5. The van der Waals surface area contributed by atoms with Crippen LogP contribution in [0.5, 0.6) is 0 Å². The van der Waals surface area contributed by atoms with Crippen molar-refractivity contribution in [2.24, 2.45) is 11.8 Å². The van der Waals surface area contributed by atoms with Crippen LogP contribution in [0.25, 0.3) is 10.1 Å². The number of aromatic nitrogens is 1. The molecule has 1 aromatic heterocycles. The molecule has 1 saturated carbocycles. The topological polar surface area (TPSA) is 56.8 Å². The summed E-state index contributed by atoms with van der Waals surface area (Å²) in [5.41, 5.74) is 1.12. The Bertz CT molecular complexity index is 1180. The van der Waals surface area contributed by atoms with E-state index in [9.17, 15) is 9.59 Å². The van der Waals surface area contributed by atoms with Gasteiger partial charge in [0.25, 0.3) is 11.8 Å². The van der Waals surface area contributed by atoms with E-state index in [1.54, 1.807) is 23.7 Å². The molecule has 1 saturated heterocycles. The molecular formula is C27H30N4O2S. The monoisotopic (exact) mass is 474 g/mol. The molecule has 2 aromatic carbocycles. The number of benzene rings is 2. The van der Waals surface area contributed by atoms with E-state index in [-0.39, 0.29) is 11.8 Å². The number of carbonyl (C=O) groups excluding carboxylic acids is 2. The average molecular weight is 475 g/mol. The second-order valence-electron chi connectivity index (χ2n) is 9.86. The van der Waals surface area contributed by atoms with Crippen molar-refractivity contribution in [2.75, 3.05) is 44.2 Å². The Kier molecular flexibility index (Phi) is 5.83. The third-order valence-corrected chi connectivity index (χ3v) is 8.70. The van der Waals surface area contributed by atoms with Crippen molar-refractivity contribution < 1.29 is 9.59 Å². The fraction of sp³-hybridized carbons (Fsp3) is 0.444. The summed E-state index contributed by atoms with van der Waals surface area (Å²) in [5, 5.41) is 1.26. The van der Waals surface area contributed by atoms with Crippen LogP contribution in [0.15, 0.2) is 48.5 Å². The van der Waals surface area contributed by atoms with Gasteiger partial charge < -0.3 is 4.90 Å². The highest BCUT2D eigenvalue weighted by Crippen LogP contribution is 2.35. The molecule has 3 aliphatic rings. The third kappa shape index (κ3) is 3.91. The standard InChI is InChI=1S/C27H30N4O2S/c32-26-21-9-3-4-10-22(21)27(33)31(26)18-20-8-2-1-7-19(20)17-29-13-15-30(16-14-29)25-23-11-5-6-12-24(23)34-28-25/h3-6,9-12,19-20H,1-2,7-8,13-18H2/t19-,20-/m0/s1. The first-order valence-corrected chi connectivity index (χ1v) is 13.2. The van der Waals surface area contributed by atoms with Crippen LogP contribution in [0.2, 0.25) is 0 Å². The lowest BCUT2D eigenvalue weighted by Crippen LogP contribution is -2.49. The van der Waals surface area contributed by atoms with E-state index in [0.29, 0.717) is 29.5 Å². The number of fused-ring (bicyclic) bond motifs is 2. The number of hydrogen-bond acceptors (Lipinski definition) is 6. The molecule has 6 nitrogen and oxygen atoms in total. The van der Waals surface area contributed by atoms with Gasteiger partial charge in [-0.2, -0.15) is 4.37 Å². The zero-order valence-corrected chi connectivity index (χ0v) is 20.2. The smallest absolute Gasteiger partial charge is 0.261 e. The maximum absolute atomic E-state index is 12.9. The van der Waals surface area contributed by atoms with Gasteiger partial charge in [-0.3, -0.25) is 19.4 Å². The molecule has 176 valence electrons. The summed E-state index contributed by atoms with van der Waals surface area (Å²) in [6, 6.07) is 15.7. The normalized spacial score (nSPS) is 23.6. The molecule has 2 atom stereocenters. The second-order valence-corrected chi connectivity index (χ2v) is 10.7. The van der Waals surface area contributed by atoms with E-state index < -0.39 is 0 Å². The molecule has 0 bridgehead atoms. The molecule has 7 heteroatoms. The highest BCUT2D eigenvalue weighted by Gasteiger charge is 2.38. The third-order valence-electron chi connectivity index (χ3n) is 7.88. The second kappa shape index (κ2) is 9.12. The van der Waals surface area contributed by atoms with Gasteiger partial charge in [0, 0.05) is 44.7 Å². The maximum Gasteiger partial charge on any atom is 0.261 e. The summed E-state index contributed by atoms with van der Waals surface area (Å²) < 4.78 is 5.99. The minimum Gasteiger partial charge on any atom is -0.353 e. The van der Waals surface area contributed by atoms with Gasteiger partial charge in [0.05, 0.1) is 15.8 Å². The van der Waals surface area contributed by atoms with Gasteiger partial charge in [0.15, 0.2) is 0 Å². The van der Waals surface area contributed by atoms with Crippen molar-refractivity contribution in [1.82, 2.24) is 14.2 Å². The van der Waals surface area contributed by atoms with E-state index in [1.165, 1.54) is 34.2 Å². The largest absolute Gasteiger partial charge is 0.353 e. The van der Waals surface area contributed by atoms with Crippen LogP contribution < -0.4 is 4.90 Å². The van der Waals surface area contributed by atoms with Crippen molar-refractivity contribution in [3.63, 3.8) is 0 Å². The minimum absolute atomic E-state index is 0.117. The van der Waals surface area contributed by atoms with Crippen molar-refractivity contribution in [3.8, 4) is 0 Å². The number of carbonyl (C=O) groups is 2. The van der Waals surface area contributed by atoms with Gasteiger partial charge in [-0.15, -0.1) is 0 Å². The highest BCUT2D eigenvalue weighted by molar-refractivity contribution is 7.13. The van der Waals surface area contributed by atoms with Crippen LogP contribution in [0.3, 0.4) is 0 Å². The molecule has 34 heavy (non-hydrogen) atoms. The first kappa shape index (κ1) is 21.7. The average Bonchev–Trinajstić information content (AvgIpc) is 3.41. The van der Waals surface area contributed by atoms with Crippen molar-refractivity contribution >= 4 is 39.3 Å². The summed E-state index contributed by atoms with van der Waals surface area (Å²) in [7, 11) is 0.